The van der Waals surface area contributed by atoms with Crippen LogP contribution >= 0.6 is 0 Å². The molecule has 49 heavy (non-hydrogen) atoms. The maximum atomic E-state index is 7.83. The largest absolute Gasteiger partial charge is 0.333 e. The molecule has 3 nitrogen and oxygen atoms in total. The van der Waals surface area contributed by atoms with Crippen molar-refractivity contribution in [2.24, 2.45) is 0 Å². The van der Waals surface area contributed by atoms with Gasteiger partial charge in [0, 0.05) is 40.3 Å². The van der Waals surface area contributed by atoms with Crippen LogP contribution in [0.3, 0.4) is 0 Å². The molecule has 248 valence electrons. The molecule has 3 atom stereocenters. The molecule has 0 radical (unpaired) electrons. The van der Waals surface area contributed by atoms with E-state index in [4.69, 9.17) is 5.41 Å². The molecule has 0 saturated carbocycles. The smallest absolute Gasteiger partial charge is 0.0626 e. The predicted octanol–water partition coefficient (Wildman–Crippen LogP) is 12.3. The van der Waals surface area contributed by atoms with E-state index in [0.717, 1.165) is 25.7 Å². The second kappa shape index (κ2) is 15.8. The number of fused-ring (bicyclic) bond motifs is 3. The molecule has 3 aromatic carbocycles. The summed E-state index contributed by atoms with van der Waals surface area (Å²) in [5, 5.41) is 7.83. The van der Waals surface area contributed by atoms with Crippen molar-refractivity contribution < 1.29 is 0 Å². The fraction of sp³-hybridized carbons (Fsp3) is 0.239. The molecular formula is C46H49N3. The van der Waals surface area contributed by atoms with Crippen molar-refractivity contribution in [3.05, 3.63) is 186 Å². The Balaban J connectivity index is 1.51. The van der Waals surface area contributed by atoms with Crippen molar-refractivity contribution in [2.75, 3.05) is 4.90 Å². The van der Waals surface area contributed by atoms with Gasteiger partial charge in [-0.25, -0.2) is 0 Å². The first-order valence-electron chi connectivity index (χ1n) is 17.8. The lowest BCUT2D eigenvalue weighted by molar-refractivity contribution is 0.480. The SMILES string of the molecule is C=CC1=C(c2ccccc2)C=C(N(C(/C=C\C)=C/CC)/C(=C/C)CCC=N)CC1c1cccc(N2c3ccccc3C3C=CCC=CC32)c1. The Kier molecular flexibility index (Phi) is 10.9. The second-order valence-electron chi connectivity index (χ2n) is 12.9. The Morgan fingerprint density at radius 2 is 1.78 bits per heavy atom. The van der Waals surface area contributed by atoms with Gasteiger partial charge in [-0.2, -0.15) is 0 Å². The summed E-state index contributed by atoms with van der Waals surface area (Å²) in [6.07, 6.45) is 28.5. The van der Waals surface area contributed by atoms with Gasteiger partial charge in [0.2, 0.25) is 0 Å². The molecular weight excluding hydrogens is 595 g/mol. The van der Waals surface area contributed by atoms with E-state index >= 15 is 0 Å². The summed E-state index contributed by atoms with van der Waals surface area (Å²) in [6, 6.07) is 29.1. The summed E-state index contributed by atoms with van der Waals surface area (Å²) < 4.78 is 0. The van der Waals surface area contributed by atoms with Gasteiger partial charge in [0.05, 0.1) is 6.04 Å². The van der Waals surface area contributed by atoms with Gasteiger partial charge in [-0.1, -0.05) is 123 Å². The number of allylic oxidation sites excluding steroid dienone is 12. The highest BCUT2D eigenvalue weighted by molar-refractivity contribution is 5.82. The van der Waals surface area contributed by atoms with Crippen LogP contribution in [0.2, 0.25) is 0 Å². The van der Waals surface area contributed by atoms with Crippen LogP contribution in [-0.4, -0.2) is 17.2 Å². The zero-order valence-corrected chi connectivity index (χ0v) is 29.2. The Labute approximate surface area is 293 Å². The minimum atomic E-state index is 0.0997. The van der Waals surface area contributed by atoms with E-state index in [9.17, 15) is 0 Å². The maximum absolute atomic E-state index is 7.83. The molecule has 1 aliphatic heterocycles. The van der Waals surface area contributed by atoms with Gasteiger partial charge in [0.15, 0.2) is 0 Å². The molecule has 3 unspecified atom stereocenters. The number of benzene rings is 3. The molecule has 2 aliphatic carbocycles. The number of hydrogen-bond donors (Lipinski definition) is 1. The number of nitrogens with one attached hydrogen (secondary N) is 1. The van der Waals surface area contributed by atoms with Gasteiger partial charge in [-0.3, -0.25) is 0 Å². The van der Waals surface area contributed by atoms with Crippen molar-refractivity contribution >= 4 is 23.2 Å². The minimum Gasteiger partial charge on any atom is -0.333 e. The standard InChI is InChI=1S/C46H49N3/c1-5-19-37(20-6-2)48(36(7-3)25-18-30-47)39-32-43(34-21-11-9-12-22-34)40(8-4)44(33-39)35-23-17-24-38(31-35)49-45-28-14-10-13-26-41(45)42-27-15-16-29-46(42)49/h5,7-9,11-17,19-24,26-32,41,44-45,47H,4,6,10,18,25,33H2,1-3H3/b19-5-,36-7+,37-20+,47-30?. The van der Waals surface area contributed by atoms with Crippen LogP contribution < -0.4 is 4.90 Å². The average Bonchev–Trinajstić information content (AvgIpc) is 3.26. The summed E-state index contributed by atoms with van der Waals surface area (Å²) in [4.78, 5) is 5.00. The fourth-order valence-electron chi connectivity index (χ4n) is 7.77. The van der Waals surface area contributed by atoms with Gasteiger partial charge in [0.1, 0.15) is 0 Å². The molecule has 1 N–H and O–H groups in total. The van der Waals surface area contributed by atoms with Crippen molar-refractivity contribution in [2.45, 2.75) is 70.8 Å². The average molecular weight is 644 g/mol. The first-order chi connectivity index (χ1) is 24.1. The topological polar surface area (TPSA) is 30.3 Å². The number of para-hydroxylation sites is 1. The fourth-order valence-corrected chi connectivity index (χ4v) is 7.77. The van der Waals surface area contributed by atoms with E-state index in [0.29, 0.717) is 12.3 Å². The van der Waals surface area contributed by atoms with E-state index < -0.39 is 0 Å². The first-order valence-corrected chi connectivity index (χ1v) is 17.8. The molecule has 3 heteroatoms. The van der Waals surface area contributed by atoms with Gasteiger partial charge in [0.25, 0.3) is 0 Å². The summed E-state index contributed by atoms with van der Waals surface area (Å²) in [5.41, 5.74) is 12.5. The minimum absolute atomic E-state index is 0.0997. The maximum Gasteiger partial charge on any atom is 0.0626 e. The van der Waals surface area contributed by atoms with Crippen LogP contribution in [0.15, 0.2) is 169 Å². The van der Waals surface area contributed by atoms with Crippen LogP contribution in [0.5, 0.6) is 0 Å². The Morgan fingerprint density at radius 3 is 2.53 bits per heavy atom. The van der Waals surface area contributed by atoms with Gasteiger partial charge >= 0.3 is 0 Å². The summed E-state index contributed by atoms with van der Waals surface area (Å²) in [7, 11) is 0. The van der Waals surface area contributed by atoms with Crippen LogP contribution in [-0.2, 0) is 0 Å². The third-order valence-corrected chi connectivity index (χ3v) is 9.90. The molecule has 3 aliphatic rings. The number of nitrogens with zero attached hydrogens (tertiary/aromatic N) is 2. The second-order valence-corrected chi connectivity index (χ2v) is 12.9. The van der Waals surface area contributed by atoms with Gasteiger partial charge in [-0.15, -0.1) is 0 Å². The monoisotopic (exact) mass is 643 g/mol. The lowest BCUT2D eigenvalue weighted by Gasteiger charge is -2.37. The Bertz CT molecular complexity index is 1880. The quantitative estimate of drug-likeness (QED) is 0.121. The third kappa shape index (κ3) is 6.89. The van der Waals surface area contributed by atoms with Crippen LogP contribution in [0, 0.1) is 5.41 Å². The summed E-state index contributed by atoms with van der Waals surface area (Å²) in [5.74, 6) is 0.433. The number of anilines is 2. The van der Waals surface area contributed by atoms with E-state index in [1.165, 1.54) is 62.5 Å². The molecule has 0 aromatic heterocycles. The van der Waals surface area contributed by atoms with Crippen LogP contribution in [0.1, 0.15) is 81.4 Å². The summed E-state index contributed by atoms with van der Waals surface area (Å²) >= 11 is 0. The lowest BCUT2D eigenvalue weighted by Crippen LogP contribution is -2.28. The van der Waals surface area contributed by atoms with Crippen molar-refractivity contribution in [3.8, 4) is 0 Å². The summed E-state index contributed by atoms with van der Waals surface area (Å²) in [6.45, 7) is 10.8. The normalized spacial score (nSPS) is 20.6. The third-order valence-electron chi connectivity index (χ3n) is 9.90. The van der Waals surface area contributed by atoms with E-state index in [1.54, 1.807) is 0 Å². The lowest BCUT2D eigenvalue weighted by atomic mass is 9.78. The highest BCUT2D eigenvalue weighted by atomic mass is 15.2. The number of hydrogen-bond acceptors (Lipinski definition) is 3. The van der Waals surface area contributed by atoms with Crippen LogP contribution in [0.4, 0.5) is 11.4 Å². The molecule has 0 bridgehead atoms. The predicted molar refractivity (Wildman–Crippen MR) is 210 cm³/mol. The van der Waals surface area contributed by atoms with Crippen molar-refractivity contribution in [3.63, 3.8) is 0 Å². The molecule has 0 spiro atoms. The van der Waals surface area contributed by atoms with Gasteiger partial charge < -0.3 is 15.2 Å². The van der Waals surface area contributed by atoms with E-state index in [-0.39, 0.29) is 12.0 Å². The van der Waals surface area contributed by atoms with E-state index in [2.05, 4.69) is 177 Å². The highest BCUT2D eigenvalue weighted by Crippen LogP contribution is 2.49. The van der Waals surface area contributed by atoms with Crippen molar-refractivity contribution in [1.29, 1.82) is 5.41 Å². The molecule has 0 amide bonds. The van der Waals surface area contributed by atoms with E-state index in [1.807, 2.05) is 0 Å². The molecule has 0 saturated heterocycles. The molecule has 0 fully saturated rings. The zero-order valence-electron chi connectivity index (χ0n) is 29.2. The highest BCUT2D eigenvalue weighted by Gasteiger charge is 2.37. The Hall–Kier alpha value is -5.15. The number of rotatable bonds is 12. The zero-order chi connectivity index (χ0) is 34.2. The molecule has 1 heterocycles. The molecule has 6 rings (SSSR count). The van der Waals surface area contributed by atoms with Crippen molar-refractivity contribution in [1.82, 2.24) is 4.90 Å². The van der Waals surface area contributed by atoms with Gasteiger partial charge in [-0.05, 0) is 110 Å². The van der Waals surface area contributed by atoms with Crippen LogP contribution in [0.25, 0.3) is 5.57 Å². The molecule has 3 aromatic rings. The first kappa shape index (κ1) is 33.7. The Morgan fingerprint density at radius 1 is 0.980 bits per heavy atom.